The zero-order chi connectivity index (χ0) is 24.7. The second-order valence-electron chi connectivity index (χ2n) is 8.13. The molecule has 3 rings (SSSR count). The summed E-state index contributed by atoms with van der Waals surface area (Å²) in [6, 6.07) is 7.03. The highest BCUT2D eigenvalue weighted by molar-refractivity contribution is 5.91. The summed E-state index contributed by atoms with van der Waals surface area (Å²) in [5.74, 6) is -1.13. The largest absolute Gasteiger partial charge is 0.464 e. The molecule has 34 heavy (non-hydrogen) atoms. The Kier molecular flexibility index (Phi) is 9.23. The fourth-order valence-electron chi connectivity index (χ4n) is 4.18. The number of hydrogen-bond acceptors (Lipinski definition) is 8. The molecule has 0 bridgehead atoms. The summed E-state index contributed by atoms with van der Waals surface area (Å²) in [6.07, 6.45) is 2.76. The fraction of sp³-hybridized carbons (Fsp3) is 0.520. The maximum atomic E-state index is 13.4. The van der Waals surface area contributed by atoms with Gasteiger partial charge in [-0.1, -0.05) is 12.1 Å². The molecule has 0 aliphatic carbocycles. The minimum Gasteiger partial charge on any atom is -0.464 e. The lowest BCUT2D eigenvalue weighted by Gasteiger charge is -2.37. The number of rotatable bonds is 11. The Hall–Kier alpha value is -2.72. The van der Waals surface area contributed by atoms with E-state index in [4.69, 9.17) is 23.4 Å². The molecule has 2 aromatic rings. The highest BCUT2D eigenvalue weighted by Gasteiger charge is 2.40. The summed E-state index contributed by atoms with van der Waals surface area (Å²) >= 11 is 0. The van der Waals surface area contributed by atoms with Crippen molar-refractivity contribution >= 4 is 16.9 Å². The van der Waals surface area contributed by atoms with Crippen molar-refractivity contribution < 1.29 is 33.3 Å². The van der Waals surface area contributed by atoms with E-state index in [1.807, 2.05) is 6.92 Å². The van der Waals surface area contributed by atoms with E-state index in [9.17, 15) is 14.7 Å². The first-order valence-corrected chi connectivity index (χ1v) is 11.4. The molecule has 1 aliphatic heterocycles. The van der Waals surface area contributed by atoms with E-state index in [1.54, 1.807) is 37.4 Å². The smallest absolute Gasteiger partial charge is 0.288 e. The van der Waals surface area contributed by atoms with Crippen LogP contribution in [0.3, 0.4) is 0 Å². The average Bonchev–Trinajstić information content (AvgIpc) is 2.86. The first kappa shape index (κ1) is 25.9. The molecule has 0 radical (unpaired) electrons. The zero-order valence-electron chi connectivity index (χ0n) is 20.1. The van der Waals surface area contributed by atoms with Gasteiger partial charge in [0.2, 0.25) is 6.29 Å². The number of benzene rings is 1. The van der Waals surface area contributed by atoms with Crippen LogP contribution >= 0.6 is 0 Å². The summed E-state index contributed by atoms with van der Waals surface area (Å²) < 4.78 is 28.0. The van der Waals surface area contributed by atoms with Gasteiger partial charge >= 0.3 is 0 Å². The topological polar surface area (TPSA) is 108 Å². The van der Waals surface area contributed by atoms with Crippen LogP contribution in [-0.2, 0) is 23.7 Å². The molecule has 0 saturated heterocycles. The van der Waals surface area contributed by atoms with E-state index in [-0.39, 0.29) is 36.2 Å². The van der Waals surface area contributed by atoms with Crippen LogP contribution in [0.5, 0.6) is 0 Å². The first-order chi connectivity index (χ1) is 16.4. The minimum atomic E-state index is -0.773. The van der Waals surface area contributed by atoms with E-state index in [1.165, 1.54) is 25.4 Å². The van der Waals surface area contributed by atoms with Crippen LogP contribution in [0, 0.1) is 5.92 Å². The van der Waals surface area contributed by atoms with E-state index >= 15 is 0 Å². The van der Waals surface area contributed by atoms with Gasteiger partial charge in [-0.15, -0.1) is 0 Å². The van der Waals surface area contributed by atoms with Crippen molar-refractivity contribution in [1.82, 2.24) is 4.90 Å². The molecule has 3 atom stereocenters. The molecular formula is C25H33NO8. The molecule has 1 aliphatic rings. The zero-order valence-corrected chi connectivity index (χ0v) is 20.1. The predicted molar refractivity (Wildman–Crippen MR) is 125 cm³/mol. The van der Waals surface area contributed by atoms with E-state index in [0.717, 1.165) is 0 Å². The van der Waals surface area contributed by atoms with Crippen molar-refractivity contribution in [3.05, 3.63) is 58.2 Å². The number of aliphatic hydroxyl groups is 1. The van der Waals surface area contributed by atoms with Gasteiger partial charge in [0.1, 0.15) is 5.58 Å². The quantitative estimate of drug-likeness (QED) is 0.494. The number of ether oxygens (including phenoxy) is 4. The van der Waals surface area contributed by atoms with Crippen LogP contribution in [-0.4, -0.2) is 69.5 Å². The maximum Gasteiger partial charge on any atom is 0.288 e. The van der Waals surface area contributed by atoms with Gasteiger partial charge in [-0.2, -0.15) is 0 Å². The van der Waals surface area contributed by atoms with Gasteiger partial charge in [-0.3, -0.25) is 9.59 Å². The Bertz CT molecular complexity index is 1040. The fourth-order valence-corrected chi connectivity index (χ4v) is 4.18. The standard InChI is InChI=1S/C25H33NO8/c1-5-32-25-16(10-8-12-27)18(19-15-33-20-11-7-6-9-17(20)23(19)28)13-21(34-25)24(29)26(2)14-22(30-3)31-4/h6-7,9,11,13,15-16,18,22,25,27H,5,8,10,12,14H2,1-4H3/t16-,18+,25-/m1/s1. The van der Waals surface area contributed by atoms with Crippen molar-refractivity contribution in [1.29, 1.82) is 0 Å². The molecule has 0 unspecified atom stereocenters. The predicted octanol–water partition coefficient (Wildman–Crippen LogP) is 2.62. The van der Waals surface area contributed by atoms with Crippen LogP contribution in [0.25, 0.3) is 11.0 Å². The highest BCUT2D eigenvalue weighted by Crippen LogP contribution is 2.39. The molecule has 0 saturated carbocycles. The number of carbonyl (C=O) groups is 1. The molecule has 1 N–H and O–H groups in total. The Morgan fingerprint density at radius 2 is 1.97 bits per heavy atom. The third kappa shape index (κ3) is 5.67. The lowest BCUT2D eigenvalue weighted by molar-refractivity contribution is -0.172. The molecular weight excluding hydrogens is 442 g/mol. The molecule has 1 amide bonds. The summed E-state index contributed by atoms with van der Waals surface area (Å²) in [7, 11) is 4.61. The van der Waals surface area contributed by atoms with Gasteiger partial charge in [0.05, 0.1) is 18.2 Å². The van der Waals surface area contributed by atoms with Crippen molar-refractivity contribution in [3.63, 3.8) is 0 Å². The number of fused-ring (bicyclic) bond motifs is 1. The molecule has 0 fully saturated rings. The van der Waals surface area contributed by atoms with E-state index in [0.29, 0.717) is 36.0 Å². The normalized spacial score (nSPS) is 20.3. The van der Waals surface area contributed by atoms with Gasteiger partial charge in [0.15, 0.2) is 17.5 Å². The Labute approximate surface area is 198 Å². The van der Waals surface area contributed by atoms with E-state index < -0.39 is 18.5 Å². The van der Waals surface area contributed by atoms with Gasteiger partial charge in [-0.25, -0.2) is 0 Å². The third-order valence-corrected chi connectivity index (χ3v) is 5.98. The summed E-state index contributed by atoms with van der Waals surface area (Å²) in [5, 5.41) is 9.91. The second kappa shape index (κ2) is 12.1. The van der Waals surface area contributed by atoms with Crippen LogP contribution < -0.4 is 5.43 Å². The highest BCUT2D eigenvalue weighted by atomic mass is 16.7. The van der Waals surface area contributed by atoms with Gasteiger partial charge < -0.3 is 33.4 Å². The Balaban J connectivity index is 2.05. The number of para-hydroxylation sites is 1. The van der Waals surface area contributed by atoms with Crippen molar-refractivity contribution in [2.75, 3.05) is 41.0 Å². The van der Waals surface area contributed by atoms with E-state index in [2.05, 4.69) is 0 Å². The molecule has 9 heteroatoms. The Morgan fingerprint density at radius 1 is 1.24 bits per heavy atom. The van der Waals surface area contributed by atoms with Crippen molar-refractivity contribution in [3.8, 4) is 0 Å². The molecule has 2 heterocycles. The number of aliphatic hydroxyl groups excluding tert-OH is 1. The Morgan fingerprint density at radius 3 is 2.65 bits per heavy atom. The summed E-state index contributed by atoms with van der Waals surface area (Å²) in [6.45, 7) is 2.36. The molecule has 0 spiro atoms. The number of amides is 1. The molecule has 1 aromatic heterocycles. The van der Waals surface area contributed by atoms with Crippen LogP contribution in [0.15, 0.2) is 51.6 Å². The minimum absolute atomic E-state index is 0.0118. The summed E-state index contributed by atoms with van der Waals surface area (Å²) in [4.78, 5) is 28.1. The third-order valence-electron chi connectivity index (χ3n) is 5.98. The molecule has 186 valence electrons. The monoisotopic (exact) mass is 475 g/mol. The maximum absolute atomic E-state index is 13.4. The van der Waals surface area contributed by atoms with Crippen LogP contribution in [0.4, 0.5) is 0 Å². The number of nitrogens with zero attached hydrogens (tertiary/aromatic N) is 1. The van der Waals surface area contributed by atoms with Gasteiger partial charge in [0, 0.05) is 51.9 Å². The number of carbonyl (C=O) groups excluding carboxylic acids is 1. The van der Waals surface area contributed by atoms with Crippen molar-refractivity contribution in [2.45, 2.75) is 38.3 Å². The number of methoxy groups -OCH3 is 2. The number of hydrogen-bond donors (Lipinski definition) is 1. The molecule has 9 nitrogen and oxygen atoms in total. The lowest BCUT2D eigenvalue weighted by atomic mass is 9.81. The summed E-state index contributed by atoms with van der Waals surface area (Å²) in [5.41, 5.74) is 0.726. The van der Waals surface area contributed by atoms with Gasteiger partial charge in [0.25, 0.3) is 5.91 Å². The second-order valence-corrected chi connectivity index (χ2v) is 8.13. The SMILES string of the molecule is CCO[C@@H]1OC(C(=O)N(C)CC(OC)OC)=C[C@H](c2coc3ccccc3c2=O)[C@H]1CCCO. The van der Waals surface area contributed by atoms with Crippen LogP contribution in [0.2, 0.25) is 0 Å². The lowest BCUT2D eigenvalue weighted by Crippen LogP contribution is -2.42. The van der Waals surface area contributed by atoms with Crippen molar-refractivity contribution in [2.24, 2.45) is 5.92 Å². The first-order valence-electron chi connectivity index (χ1n) is 11.4. The van der Waals surface area contributed by atoms with Crippen LogP contribution in [0.1, 0.15) is 31.2 Å². The molecule has 1 aromatic carbocycles. The average molecular weight is 476 g/mol. The van der Waals surface area contributed by atoms with Gasteiger partial charge in [-0.05, 0) is 38.0 Å². The number of likely N-dealkylation sites (N-methyl/N-ethyl adjacent to an activating group) is 1. The number of allylic oxidation sites excluding steroid dienone is 1.